The Hall–Kier alpha value is -6.33. The molecule has 0 fully saturated rings. The lowest BCUT2D eigenvalue weighted by molar-refractivity contribution is 1.07. The lowest BCUT2D eigenvalue weighted by Gasteiger charge is -2.14. The molecule has 10 rings (SSSR count). The summed E-state index contributed by atoms with van der Waals surface area (Å²) >= 11 is 0. The zero-order valence-corrected chi connectivity index (χ0v) is 24.7. The van der Waals surface area contributed by atoms with E-state index < -0.39 is 0 Å². The molecule has 214 valence electrons. The van der Waals surface area contributed by atoms with Gasteiger partial charge in [0.25, 0.3) is 0 Å². The Labute approximate surface area is 263 Å². The fraction of sp³-hybridized carbons (Fsp3) is 0. The lowest BCUT2D eigenvalue weighted by Crippen LogP contribution is -2.04. The second-order valence-corrected chi connectivity index (χ2v) is 11.7. The normalized spacial score (nSPS) is 11.9. The molecule has 4 aromatic heterocycles. The van der Waals surface area contributed by atoms with Crippen molar-refractivity contribution >= 4 is 65.5 Å². The first kappa shape index (κ1) is 25.0. The van der Waals surface area contributed by atoms with Crippen LogP contribution in [0.1, 0.15) is 0 Å². The van der Waals surface area contributed by atoms with Crippen LogP contribution in [0.5, 0.6) is 0 Å². The predicted molar refractivity (Wildman–Crippen MR) is 189 cm³/mol. The Bertz CT molecular complexity index is 2810. The van der Waals surface area contributed by atoms with Crippen LogP contribution in [0.2, 0.25) is 0 Å². The molecule has 0 unspecified atom stereocenters. The van der Waals surface area contributed by atoms with E-state index in [-0.39, 0.29) is 0 Å². The van der Waals surface area contributed by atoms with Gasteiger partial charge in [0.2, 0.25) is 0 Å². The maximum atomic E-state index is 5.31. The smallest absolute Gasteiger partial charge is 0.178 e. The van der Waals surface area contributed by atoms with E-state index in [1.54, 1.807) is 6.20 Å². The minimum absolute atomic E-state index is 0.621. The Morgan fingerprint density at radius 2 is 1.09 bits per heavy atom. The van der Waals surface area contributed by atoms with Crippen molar-refractivity contribution in [2.45, 2.75) is 0 Å². The fourth-order valence-electron chi connectivity index (χ4n) is 7.09. The van der Waals surface area contributed by atoms with Crippen LogP contribution in [0.4, 0.5) is 0 Å². The molecular weight excluding hydrogens is 562 g/mol. The van der Waals surface area contributed by atoms with Crippen molar-refractivity contribution < 1.29 is 0 Å². The van der Waals surface area contributed by atoms with Gasteiger partial charge < -0.3 is 4.57 Å². The molecule has 0 aliphatic carbocycles. The fourth-order valence-corrected chi connectivity index (χ4v) is 7.09. The number of hydrogen-bond acceptors (Lipinski definition) is 3. The zero-order valence-electron chi connectivity index (χ0n) is 24.7. The highest BCUT2D eigenvalue weighted by molar-refractivity contribution is 6.14. The summed E-state index contributed by atoms with van der Waals surface area (Å²) < 4.78 is 4.62. The third-order valence-corrected chi connectivity index (χ3v) is 9.14. The first-order valence-corrected chi connectivity index (χ1v) is 15.5. The van der Waals surface area contributed by atoms with Crippen LogP contribution < -0.4 is 0 Å². The molecule has 4 heterocycles. The van der Waals surface area contributed by atoms with Crippen molar-refractivity contribution in [1.82, 2.24) is 24.1 Å². The number of nitrogens with zero attached hydrogens (tertiary/aromatic N) is 5. The Kier molecular flexibility index (Phi) is 5.22. The summed E-state index contributed by atoms with van der Waals surface area (Å²) in [5, 5.41) is 7.18. The van der Waals surface area contributed by atoms with E-state index in [2.05, 4.69) is 148 Å². The number of aromatic nitrogens is 5. The van der Waals surface area contributed by atoms with Crippen molar-refractivity contribution in [2.24, 2.45) is 0 Å². The first-order chi connectivity index (χ1) is 22.8. The van der Waals surface area contributed by atoms with Gasteiger partial charge in [0.05, 0.1) is 22.1 Å². The quantitative estimate of drug-likeness (QED) is 0.207. The van der Waals surface area contributed by atoms with E-state index in [9.17, 15) is 0 Å². The van der Waals surface area contributed by atoms with Crippen molar-refractivity contribution in [3.63, 3.8) is 0 Å². The first-order valence-electron chi connectivity index (χ1n) is 15.5. The molecule has 5 heteroatoms. The highest BCUT2D eigenvalue weighted by Gasteiger charge is 2.21. The summed E-state index contributed by atoms with van der Waals surface area (Å²) in [7, 11) is 0. The van der Waals surface area contributed by atoms with Gasteiger partial charge in [-0.1, -0.05) is 91.0 Å². The zero-order chi connectivity index (χ0) is 30.2. The summed E-state index contributed by atoms with van der Waals surface area (Å²) in [5.41, 5.74) is 8.73. The third-order valence-electron chi connectivity index (χ3n) is 9.14. The topological polar surface area (TPSA) is 48.5 Å². The largest absolute Gasteiger partial charge is 0.309 e. The minimum Gasteiger partial charge on any atom is -0.309 e. The molecule has 0 N–H and O–H groups in total. The van der Waals surface area contributed by atoms with Crippen LogP contribution in [0.3, 0.4) is 0 Å². The second-order valence-electron chi connectivity index (χ2n) is 11.7. The van der Waals surface area contributed by atoms with Gasteiger partial charge in [0, 0.05) is 39.0 Å². The molecule has 6 aromatic carbocycles. The van der Waals surface area contributed by atoms with E-state index in [1.165, 1.54) is 37.8 Å². The highest BCUT2D eigenvalue weighted by atomic mass is 15.1. The van der Waals surface area contributed by atoms with Crippen LogP contribution in [0.25, 0.3) is 88.3 Å². The third kappa shape index (κ3) is 3.60. The van der Waals surface area contributed by atoms with Crippen LogP contribution in [0, 0.1) is 0 Å². The van der Waals surface area contributed by atoms with E-state index in [1.807, 2.05) is 12.1 Å². The maximum Gasteiger partial charge on any atom is 0.178 e. The molecule has 0 radical (unpaired) electrons. The summed E-state index contributed by atoms with van der Waals surface area (Å²) in [6, 6.07) is 51.4. The van der Waals surface area contributed by atoms with E-state index in [0.29, 0.717) is 5.65 Å². The van der Waals surface area contributed by atoms with Crippen LogP contribution in [-0.2, 0) is 0 Å². The molecule has 0 amide bonds. The van der Waals surface area contributed by atoms with Gasteiger partial charge in [-0.2, -0.15) is 0 Å². The van der Waals surface area contributed by atoms with Gasteiger partial charge in [0.1, 0.15) is 11.2 Å². The summed E-state index contributed by atoms with van der Waals surface area (Å²) in [4.78, 5) is 15.2. The van der Waals surface area contributed by atoms with E-state index in [4.69, 9.17) is 9.97 Å². The number of hydrogen-bond donors (Lipinski definition) is 0. The standard InChI is InChI=1S/C41H25N5/c1-2-13-29(14-3-1)45-35-18-8-6-15-30(35)32-21-20-28(25-37(32)45)39-41(43-34-17-10-22-42-40(34)44-39)46-36-19-9-7-16-31(36)33-23-26-11-4-5-12-27(26)24-38(33)46/h1-25H. The molecule has 0 saturated carbocycles. The van der Waals surface area contributed by atoms with Gasteiger partial charge >= 0.3 is 0 Å². The number of fused-ring (bicyclic) bond motifs is 8. The highest BCUT2D eigenvalue weighted by Crippen LogP contribution is 2.39. The number of benzene rings is 6. The van der Waals surface area contributed by atoms with Gasteiger partial charge in [-0.25, -0.2) is 15.0 Å². The summed E-state index contributed by atoms with van der Waals surface area (Å²) in [5.74, 6) is 0.781. The molecule has 46 heavy (non-hydrogen) atoms. The van der Waals surface area contributed by atoms with Crippen LogP contribution in [0.15, 0.2) is 152 Å². The Morgan fingerprint density at radius 3 is 1.91 bits per heavy atom. The number of para-hydroxylation sites is 3. The average Bonchev–Trinajstić information content (AvgIpc) is 3.62. The Morgan fingerprint density at radius 1 is 0.435 bits per heavy atom. The summed E-state index contributed by atoms with van der Waals surface area (Å²) in [6.45, 7) is 0. The van der Waals surface area contributed by atoms with E-state index >= 15 is 0 Å². The van der Waals surface area contributed by atoms with Gasteiger partial charge in [-0.15, -0.1) is 0 Å². The monoisotopic (exact) mass is 587 g/mol. The second kappa shape index (κ2) is 9.58. The number of pyridine rings is 1. The number of rotatable bonds is 3. The predicted octanol–water partition coefficient (Wildman–Crippen LogP) is 10.0. The Balaban J connectivity index is 1.33. The van der Waals surface area contributed by atoms with Crippen molar-refractivity contribution in [1.29, 1.82) is 0 Å². The molecular formula is C41H25N5. The van der Waals surface area contributed by atoms with Gasteiger partial charge in [-0.05, 0) is 65.4 Å². The van der Waals surface area contributed by atoms with Gasteiger partial charge in [0.15, 0.2) is 11.5 Å². The summed E-state index contributed by atoms with van der Waals surface area (Å²) in [6.07, 6.45) is 1.78. The van der Waals surface area contributed by atoms with Crippen molar-refractivity contribution in [3.8, 4) is 22.8 Å². The average molecular weight is 588 g/mol. The van der Waals surface area contributed by atoms with Crippen molar-refractivity contribution in [3.05, 3.63) is 152 Å². The van der Waals surface area contributed by atoms with Crippen LogP contribution in [-0.4, -0.2) is 24.1 Å². The molecule has 0 spiro atoms. The lowest BCUT2D eigenvalue weighted by atomic mass is 10.1. The molecule has 0 aliphatic rings. The molecule has 10 aromatic rings. The maximum absolute atomic E-state index is 5.31. The SMILES string of the molecule is c1ccc(-n2c3ccccc3c3ccc(-c4nc5ncccc5nc4-n4c5ccccc5c5cc6ccccc6cc54)cc32)cc1. The molecule has 0 atom stereocenters. The molecule has 5 nitrogen and oxygen atoms in total. The molecule has 0 saturated heterocycles. The molecule has 0 aliphatic heterocycles. The van der Waals surface area contributed by atoms with Gasteiger partial charge in [-0.3, -0.25) is 4.57 Å². The van der Waals surface area contributed by atoms with Crippen LogP contribution >= 0.6 is 0 Å². The van der Waals surface area contributed by atoms with Crippen molar-refractivity contribution in [2.75, 3.05) is 0 Å². The minimum atomic E-state index is 0.621. The molecule has 0 bridgehead atoms. The van der Waals surface area contributed by atoms with E-state index in [0.717, 1.165) is 44.8 Å².